The summed E-state index contributed by atoms with van der Waals surface area (Å²) in [6, 6.07) is 16.6. The second-order valence-corrected chi connectivity index (χ2v) is 14.9. The van der Waals surface area contributed by atoms with Crippen molar-refractivity contribution in [3.05, 3.63) is 111 Å². The topological polar surface area (TPSA) is 131 Å². The number of benzene rings is 2. The molecule has 12 nitrogen and oxygen atoms in total. The molecule has 3 aliphatic rings. The van der Waals surface area contributed by atoms with Gasteiger partial charge in [0.2, 0.25) is 0 Å². The Morgan fingerprint density at radius 2 is 1.69 bits per heavy atom. The van der Waals surface area contributed by atoms with E-state index < -0.39 is 23.1 Å². The van der Waals surface area contributed by atoms with Gasteiger partial charge in [-0.25, -0.2) is 23.7 Å². The van der Waals surface area contributed by atoms with Gasteiger partial charge in [-0.15, -0.1) is 0 Å². The number of pyridine rings is 1. The normalized spacial score (nSPS) is 19.7. The number of hydrogen-bond acceptors (Lipinski definition) is 8. The molecule has 0 radical (unpaired) electrons. The van der Waals surface area contributed by atoms with Gasteiger partial charge in [-0.3, -0.25) is 24.0 Å². The molecule has 2 fully saturated rings. The monoisotopic (exact) mass is 734 g/mol. The van der Waals surface area contributed by atoms with Crippen molar-refractivity contribution in [2.45, 2.75) is 76.5 Å². The first kappa shape index (κ1) is 36.0. The average molecular weight is 735 g/mol. The molecule has 2 aromatic carbocycles. The largest absolute Gasteiger partial charge is 0.395 e. The van der Waals surface area contributed by atoms with E-state index in [-0.39, 0.29) is 29.6 Å². The molecule has 5 heterocycles. The minimum Gasteiger partial charge on any atom is -0.395 e. The van der Waals surface area contributed by atoms with Gasteiger partial charge in [0, 0.05) is 57.4 Å². The fourth-order valence-electron chi connectivity index (χ4n) is 8.43. The number of aliphatic hydroxyl groups excluding tert-OH is 1. The lowest BCUT2D eigenvalue weighted by molar-refractivity contribution is 0.0917. The van der Waals surface area contributed by atoms with Crippen LogP contribution in [0.5, 0.6) is 0 Å². The van der Waals surface area contributed by atoms with Crippen LogP contribution in [0.25, 0.3) is 27.8 Å². The van der Waals surface area contributed by atoms with E-state index in [1.807, 2.05) is 24.4 Å². The fraction of sp³-hybridized carbons (Fsp3) is 0.439. The van der Waals surface area contributed by atoms with Crippen LogP contribution in [0.1, 0.15) is 72.9 Å². The quantitative estimate of drug-likeness (QED) is 0.230. The van der Waals surface area contributed by atoms with Gasteiger partial charge in [0.1, 0.15) is 17.3 Å². The van der Waals surface area contributed by atoms with Gasteiger partial charge >= 0.3 is 5.69 Å². The van der Waals surface area contributed by atoms with Gasteiger partial charge < -0.3 is 15.0 Å². The lowest BCUT2D eigenvalue weighted by Gasteiger charge is -2.30. The number of nitrogens with zero attached hydrogens (tertiary/aromatic N) is 7. The maximum absolute atomic E-state index is 14.6. The number of aliphatic hydroxyl groups is 1. The first-order chi connectivity index (χ1) is 26.3. The van der Waals surface area contributed by atoms with Gasteiger partial charge in [0.25, 0.3) is 11.5 Å². The SMILES string of the molecule is O=C(N[C@H]1CC[C@@H](n2c(=O)c3cc(F)cnc3n(-c3cccc(-c4ccc(CN5CCCN(CCO)CC5)cc4)c3)c2=O)CC1)c1cn2c(n1)CCCC2. The van der Waals surface area contributed by atoms with Crippen LogP contribution >= 0.6 is 0 Å². The van der Waals surface area contributed by atoms with E-state index in [9.17, 15) is 23.9 Å². The van der Waals surface area contributed by atoms with Gasteiger partial charge in [-0.05, 0) is 92.9 Å². The Morgan fingerprint density at radius 3 is 2.48 bits per heavy atom. The smallest absolute Gasteiger partial charge is 0.337 e. The number of amides is 1. The molecule has 54 heavy (non-hydrogen) atoms. The van der Waals surface area contributed by atoms with Gasteiger partial charge in [-0.1, -0.05) is 36.4 Å². The molecule has 0 bridgehead atoms. The van der Waals surface area contributed by atoms with E-state index in [1.165, 1.54) is 14.7 Å². The maximum atomic E-state index is 14.6. The standard InChI is InChI=1S/C41H47FN8O4/c42-31-24-35-38(43-25-31)49(34-6-3-5-30(23-34)29-10-8-28(9-11-29)26-47-17-4-16-46(19-20-47)21-22-51)41(54)50(40(35)53)33-14-12-32(13-15-33)44-39(52)36-27-48-18-2-1-7-37(48)45-36/h3,5-6,8-11,23-25,27,32-33,51H,1-2,4,7,12-22,26H2,(H,44,52)/t32-,33+. The molecular weight excluding hydrogens is 688 g/mol. The van der Waals surface area contributed by atoms with Gasteiger partial charge in [0.15, 0.2) is 5.65 Å². The molecule has 5 aromatic rings. The number of carbonyl (C=O) groups is 1. The number of rotatable bonds is 9. The summed E-state index contributed by atoms with van der Waals surface area (Å²) in [5.74, 6) is 0.0915. The van der Waals surface area contributed by atoms with E-state index in [2.05, 4.69) is 53.9 Å². The number of halogens is 1. The summed E-state index contributed by atoms with van der Waals surface area (Å²) in [5, 5.41) is 12.5. The zero-order chi connectivity index (χ0) is 37.2. The van der Waals surface area contributed by atoms with Crippen LogP contribution in [0, 0.1) is 5.82 Å². The number of aryl methyl sites for hydroxylation is 2. The Labute approximate surface area is 312 Å². The first-order valence-electron chi connectivity index (χ1n) is 19.3. The Bertz CT molecular complexity index is 2230. The fourth-order valence-corrected chi connectivity index (χ4v) is 8.43. The number of carbonyl (C=O) groups excluding carboxylic acids is 1. The molecule has 3 aromatic heterocycles. The summed E-state index contributed by atoms with van der Waals surface area (Å²) in [6.45, 7) is 6.54. The summed E-state index contributed by atoms with van der Waals surface area (Å²) in [4.78, 5) is 54.9. The predicted molar refractivity (Wildman–Crippen MR) is 204 cm³/mol. The third kappa shape index (κ3) is 7.53. The van der Waals surface area contributed by atoms with Crippen molar-refractivity contribution in [2.75, 3.05) is 39.3 Å². The van der Waals surface area contributed by atoms with Crippen LogP contribution in [0.3, 0.4) is 0 Å². The molecule has 13 heteroatoms. The highest BCUT2D eigenvalue weighted by molar-refractivity contribution is 5.92. The average Bonchev–Trinajstić information content (AvgIpc) is 3.51. The third-order valence-corrected chi connectivity index (χ3v) is 11.3. The molecule has 1 saturated heterocycles. The summed E-state index contributed by atoms with van der Waals surface area (Å²) in [7, 11) is 0. The van der Waals surface area contributed by atoms with Crippen molar-refractivity contribution < 1.29 is 14.3 Å². The molecule has 2 N–H and O–H groups in total. The van der Waals surface area contributed by atoms with Crippen molar-refractivity contribution in [3.8, 4) is 16.8 Å². The highest BCUT2D eigenvalue weighted by atomic mass is 19.1. The van der Waals surface area contributed by atoms with Crippen LogP contribution in [0.2, 0.25) is 0 Å². The summed E-state index contributed by atoms with van der Waals surface area (Å²) < 4.78 is 19.3. The molecule has 1 saturated carbocycles. The minimum absolute atomic E-state index is 0.0384. The molecule has 0 atom stereocenters. The lowest BCUT2D eigenvalue weighted by Crippen LogP contribution is -2.45. The highest BCUT2D eigenvalue weighted by Crippen LogP contribution is 2.29. The number of aromatic nitrogens is 5. The number of hydrogen-bond donors (Lipinski definition) is 2. The lowest BCUT2D eigenvalue weighted by atomic mass is 9.90. The van der Waals surface area contributed by atoms with Crippen molar-refractivity contribution >= 4 is 16.9 Å². The zero-order valence-electron chi connectivity index (χ0n) is 30.5. The number of fused-ring (bicyclic) bond motifs is 2. The van der Waals surface area contributed by atoms with Gasteiger partial charge in [0.05, 0.1) is 23.9 Å². The van der Waals surface area contributed by atoms with Crippen LogP contribution in [-0.2, 0) is 19.5 Å². The van der Waals surface area contributed by atoms with Crippen LogP contribution in [0.15, 0.2) is 76.6 Å². The van der Waals surface area contributed by atoms with E-state index in [0.29, 0.717) is 43.6 Å². The Morgan fingerprint density at radius 1 is 0.889 bits per heavy atom. The highest BCUT2D eigenvalue weighted by Gasteiger charge is 2.29. The molecular formula is C41H47FN8O4. The van der Waals surface area contributed by atoms with Crippen LogP contribution < -0.4 is 16.6 Å². The maximum Gasteiger partial charge on any atom is 0.337 e. The molecule has 1 aliphatic carbocycles. The van der Waals surface area contributed by atoms with Gasteiger partial charge in [-0.2, -0.15) is 0 Å². The molecule has 1 amide bonds. The summed E-state index contributed by atoms with van der Waals surface area (Å²) in [5.41, 5.74) is 3.05. The number of nitrogens with one attached hydrogen (secondary N) is 1. The molecule has 2 aliphatic heterocycles. The predicted octanol–water partition coefficient (Wildman–Crippen LogP) is 4.30. The van der Waals surface area contributed by atoms with E-state index >= 15 is 0 Å². The Hall–Kier alpha value is -4.98. The molecule has 0 unspecified atom stereocenters. The number of β-amino-alcohol motifs (C(OH)–C–C–N with tert-alkyl or cyclic N) is 1. The Balaban J connectivity index is 1.02. The zero-order valence-corrected chi connectivity index (χ0v) is 30.5. The van der Waals surface area contributed by atoms with Crippen LogP contribution in [-0.4, -0.2) is 89.9 Å². The van der Waals surface area contributed by atoms with E-state index in [1.54, 1.807) is 6.07 Å². The minimum atomic E-state index is -0.653. The van der Waals surface area contributed by atoms with E-state index in [4.69, 9.17) is 0 Å². The van der Waals surface area contributed by atoms with Crippen LogP contribution in [0.4, 0.5) is 4.39 Å². The second-order valence-electron chi connectivity index (χ2n) is 14.9. The third-order valence-electron chi connectivity index (χ3n) is 11.3. The molecule has 0 spiro atoms. The van der Waals surface area contributed by atoms with Crippen molar-refractivity contribution in [2.24, 2.45) is 0 Å². The summed E-state index contributed by atoms with van der Waals surface area (Å²) >= 11 is 0. The van der Waals surface area contributed by atoms with Crippen molar-refractivity contribution in [3.63, 3.8) is 0 Å². The van der Waals surface area contributed by atoms with Crippen molar-refractivity contribution in [1.82, 2.24) is 38.8 Å². The number of imidazole rings is 1. The molecule has 8 rings (SSSR count). The second kappa shape index (κ2) is 15.8. The first-order valence-corrected chi connectivity index (χ1v) is 19.3. The molecule has 282 valence electrons. The summed E-state index contributed by atoms with van der Waals surface area (Å²) in [6.07, 6.45) is 9.13. The van der Waals surface area contributed by atoms with Crippen molar-refractivity contribution in [1.29, 1.82) is 0 Å². The van der Waals surface area contributed by atoms with E-state index in [0.717, 1.165) is 94.2 Å². The Kier molecular flexibility index (Phi) is 10.5.